The van der Waals surface area contributed by atoms with Crippen molar-refractivity contribution in [2.75, 3.05) is 0 Å². The molecule has 1 aliphatic rings. The highest BCUT2D eigenvalue weighted by molar-refractivity contribution is 5.72. The molecule has 1 aliphatic heterocycles. The Hall–Kier alpha value is -2.24. The number of aromatic nitrogens is 3. The van der Waals surface area contributed by atoms with Crippen molar-refractivity contribution in [1.29, 1.82) is 0 Å². The fourth-order valence-corrected chi connectivity index (χ4v) is 2.64. The maximum atomic E-state index is 13.7. The summed E-state index contributed by atoms with van der Waals surface area (Å²) in [5.74, 6) is -0.0137. The molecular weight excluding hydrogens is 261 g/mol. The van der Waals surface area contributed by atoms with Gasteiger partial charge in [0, 0.05) is 12.8 Å². The highest BCUT2D eigenvalue weighted by atomic mass is 19.1. The third-order valence-electron chi connectivity index (χ3n) is 3.62. The van der Waals surface area contributed by atoms with Gasteiger partial charge in [0.2, 0.25) is 0 Å². The molecule has 2 aromatic rings. The van der Waals surface area contributed by atoms with E-state index in [4.69, 9.17) is 0 Å². The van der Waals surface area contributed by atoms with Gasteiger partial charge < -0.3 is 9.67 Å². The van der Waals surface area contributed by atoms with E-state index in [9.17, 15) is 14.3 Å². The Morgan fingerprint density at radius 1 is 1.40 bits per heavy atom. The van der Waals surface area contributed by atoms with E-state index in [-0.39, 0.29) is 12.2 Å². The van der Waals surface area contributed by atoms with Gasteiger partial charge in [0.1, 0.15) is 23.5 Å². The number of hydrogen-bond donors (Lipinski definition) is 1. The number of fused-ring (bicyclic) bond motifs is 1. The van der Waals surface area contributed by atoms with Crippen molar-refractivity contribution in [3.63, 3.8) is 0 Å². The van der Waals surface area contributed by atoms with Crippen LogP contribution < -0.4 is 0 Å². The first kappa shape index (κ1) is 12.8. The molecule has 0 amide bonds. The lowest BCUT2D eigenvalue weighted by atomic mass is 10.0. The standard InChI is InChI=1S/C14H14FN3O2/c15-10-5-2-1-4-9(10)8-13-17-16-12-7-3-6-11(14(19)20)18(12)13/h1-2,4-5,11H,3,6-8H2,(H,19,20). The molecule has 1 unspecified atom stereocenters. The van der Waals surface area contributed by atoms with Gasteiger partial charge in [0.05, 0.1) is 0 Å². The zero-order chi connectivity index (χ0) is 14.1. The number of aliphatic carboxylic acids is 1. The van der Waals surface area contributed by atoms with E-state index in [1.54, 1.807) is 22.8 Å². The number of rotatable bonds is 3. The highest BCUT2D eigenvalue weighted by Gasteiger charge is 2.29. The van der Waals surface area contributed by atoms with Crippen molar-refractivity contribution < 1.29 is 14.3 Å². The van der Waals surface area contributed by atoms with E-state index in [1.807, 2.05) is 0 Å². The SMILES string of the molecule is O=C(O)C1CCCc2nnc(Cc3ccccc3F)n21. The Bertz CT molecular complexity index is 654. The quantitative estimate of drug-likeness (QED) is 0.930. The molecule has 1 N–H and O–H groups in total. The van der Waals surface area contributed by atoms with E-state index in [0.717, 1.165) is 6.42 Å². The molecule has 0 radical (unpaired) electrons. The predicted octanol–water partition coefficient (Wildman–Crippen LogP) is 1.97. The van der Waals surface area contributed by atoms with Crippen LogP contribution in [0.1, 0.15) is 36.1 Å². The van der Waals surface area contributed by atoms with Gasteiger partial charge in [-0.1, -0.05) is 18.2 Å². The summed E-state index contributed by atoms with van der Waals surface area (Å²) in [6.07, 6.45) is 2.32. The van der Waals surface area contributed by atoms with Crippen LogP contribution in [0, 0.1) is 5.82 Å². The molecule has 5 nitrogen and oxygen atoms in total. The Balaban J connectivity index is 1.98. The molecule has 0 saturated carbocycles. The van der Waals surface area contributed by atoms with Crippen molar-refractivity contribution in [1.82, 2.24) is 14.8 Å². The first-order chi connectivity index (χ1) is 9.66. The first-order valence-corrected chi connectivity index (χ1v) is 6.55. The topological polar surface area (TPSA) is 68.0 Å². The minimum absolute atomic E-state index is 0.253. The summed E-state index contributed by atoms with van der Waals surface area (Å²) in [4.78, 5) is 11.3. The molecule has 6 heteroatoms. The van der Waals surface area contributed by atoms with E-state index >= 15 is 0 Å². The minimum atomic E-state index is -0.888. The van der Waals surface area contributed by atoms with Crippen LogP contribution in [-0.4, -0.2) is 25.8 Å². The Kier molecular flexibility index (Phi) is 3.22. The molecule has 0 aliphatic carbocycles. The van der Waals surface area contributed by atoms with Gasteiger partial charge in [-0.05, 0) is 24.5 Å². The number of hydrogen-bond acceptors (Lipinski definition) is 3. The second-order valence-corrected chi connectivity index (χ2v) is 4.92. The third-order valence-corrected chi connectivity index (χ3v) is 3.62. The minimum Gasteiger partial charge on any atom is -0.480 e. The molecule has 2 heterocycles. The molecule has 0 fully saturated rings. The van der Waals surface area contributed by atoms with Gasteiger partial charge in [-0.3, -0.25) is 0 Å². The van der Waals surface area contributed by atoms with Crippen LogP contribution in [0.2, 0.25) is 0 Å². The number of halogens is 1. The molecule has 0 spiro atoms. The van der Waals surface area contributed by atoms with Gasteiger partial charge in [-0.2, -0.15) is 0 Å². The van der Waals surface area contributed by atoms with Gasteiger partial charge in [-0.25, -0.2) is 9.18 Å². The van der Waals surface area contributed by atoms with E-state index in [0.29, 0.717) is 30.1 Å². The van der Waals surface area contributed by atoms with Crippen molar-refractivity contribution in [2.24, 2.45) is 0 Å². The van der Waals surface area contributed by atoms with Crippen LogP contribution >= 0.6 is 0 Å². The summed E-state index contributed by atoms with van der Waals surface area (Å²) in [7, 11) is 0. The van der Waals surface area contributed by atoms with Crippen LogP contribution in [0.25, 0.3) is 0 Å². The van der Waals surface area contributed by atoms with Gasteiger partial charge in [0.15, 0.2) is 0 Å². The first-order valence-electron chi connectivity index (χ1n) is 6.55. The number of aryl methyl sites for hydroxylation is 1. The number of carboxylic acid groups (broad SMARTS) is 1. The van der Waals surface area contributed by atoms with Crippen LogP contribution in [0.15, 0.2) is 24.3 Å². The second-order valence-electron chi connectivity index (χ2n) is 4.92. The smallest absolute Gasteiger partial charge is 0.326 e. The van der Waals surface area contributed by atoms with Gasteiger partial charge in [-0.15, -0.1) is 10.2 Å². The molecule has 1 atom stereocenters. The summed E-state index contributed by atoms with van der Waals surface area (Å²) in [6, 6.07) is 5.79. The molecule has 3 rings (SSSR count). The number of nitrogens with zero attached hydrogens (tertiary/aromatic N) is 3. The maximum Gasteiger partial charge on any atom is 0.326 e. The number of carbonyl (C=O) groups is 1. The van der Waals surface area contributed by atoms with E-state index in [2.05, 4.69) is 10.2 Å². The largest absolute Gasteiger partial charge is 0.480 e. The summed E-state index contributed by atoms with van der Waals surface area (Å²) in [5, 5.41) is 17.4. The molecule has 0 saturated heterocycles. The molecule has 0 bridgehead atoms. The van der Waals surface area contributed by atoms with Crippen molar-refractivity contribution in [3.05, 3.63) is 47.3 Å². The van der Waals surface area contributed by atoms with Crippen LogP contribution in [0.3, 0.4) is 0 Å². The lowest BCUT2D eigenvalue weighted by Crippen LogP contribution is -2.26. The summed E-state index contributed by atoms with van der Waals surface area (Å²) in [6.45, 7) is 0. The lowest BCUT2D eigenvalue weighted by Gasteiger charge is -2.22. The Labute approximate surface area is 115 Å². The fraction of sp³-hybridized carbons (Fsp3) is 0.357. The average molecular weight is 275 g/mol. The number of carboxylic acids is 1. The van der Waals surface area contributed by atoms with Crippen LogP contribution in [0.5, 0.6) is 0 Å². The lowest BCUT2D eigenvalue weighted by molar-refractivity contribution is -0.141. The molecule has 20 heavy (non-hydrogen) atoms. The zero-order valence-electron chi connectivity index (χ0n) is 10.8. The zero-order valence-corrected chi connectivity index (χ0v) is 10.8. The fourth-order valence-electron chi connectivity index (χ4n) is 2.64. The molecular formula is C14H14FN3O2. The maximum absolute atomic E-state index is 13.7. The normalized spacial score (nSPS) is 17.8. The molecule has 1 aromatic heterocycles. The molecule has 104 valence electrons. The summed E-state index contributed by atoms with van der Waals surface area (Å²) < 4.78 is 15.3. The van der Waals surface area contributed by atoms with E-state index in [1.165, 1.54) is 6.07 Å². The Morgan fingerprint density at radius 3 is 2.95 bits per heavy atom. The Morgan fingerprint density at radius 2 is 2.20 bits per heavy atom. The second kappa shape index (κ2) is 5.03. The van der Waals surface area contributed by atoms with Crippen LogP contribution in [0.4, 0.5) is 4.39 Å². The summed E-state index contributed by atoms with van der Waals surface area (Å²) >= 11 is 0. The number of benzene rings is 1. The summed E-state index contributed by atoms with van der Waals surface area (Å²) in [5.41, 5.74) is 0.498. The van der Waals surface area contributed by atoms with Crippen LogP contribution in [-0.2, 0) is 17.6 Å². The monoisotopic (exact) mass is 275 g/mol. The van der Waals surface area contributed by atoms with Gasteiger partial charge >= 0.3 is 5.97 Å². The predicted molar refractivity (Wildman–Crippen MR) is 68.8 cm³/mol. The van der Waals surface area contributed by atoms with E-state index < -0.39 is 12.0 Å². The third kappa shape index (κ3) is 2.17. The highest BCUT2D eigenvalue weighted by Crippen LogP contribution is 2.26. The molecule has 1 aromatic carbocycles. The van der Waals surface area contributed by atoms with Gasteiger partial charge in [0.25, 0.3) is 0 Å². The van der Waals surface area contributed by atoms with Crippen molar-refractivity contribution >= 4 is 5.97 Å². The van der Waals surface area contributed by atoms with Crippen molar-refractivity contribution in [3.8, 4) is 0 Å². The van der Waals surface area contributed by atoms with Crippen molar-refractivity contribution in [2.45, 2.75) is 31.7 Å². The average Bonchev–Trinajstić information content (AvgIpc) is 2.84.